The highest BCUT2D eigenvalue weighted by Crippen LogP contribution is 2.35. The van der Waals surface area contributed by atoms with Crippen LogP contribution in [0.3, 0.4) is 0 Å². The summed E-state index contributed by atoms with van der Waals surface area (Å²) in [6, 6.07) is 16.2. The van der Waals surface area contributed by atoms with Crippen LogP contribution in [0.2, 0.25) is 0 Å². The number of aliphatic hydroxyl groups is 4. The van der Waals surface area contributed by atoms with Gasteiger partial charge in [-0.05, 0) is 53.4 Å². The first-order valence-corrected chi connectivity index (χ1v) is 10.9. The summed E-state index contributed by atoms with van der Waals surface area (Å²) in [5.41, 5.74) is 3.75. The van der Waals surface area contributed by atoms with Gasteiger partial charge in [-0.3, -0.25) is 0 Å². The third kappa shape index (κ3) is 4.57. The minimum absolute atomic E-state index is 0.263. The van der Waals surface area contributed by atoms with Crippen molar-refractivity contribution in [3.05, 3.63) is 82.0 Å². The maximum absolute atomic E-state index is 13.2. The van der Waals surface area contributed by atoms with Crippen molar-refractivity contribution in [2.24, 2.45) is 0 Å². The maximum Gasteiger partial charge on any atom is 0.123 e. The van der Waals surface area contributed by atoms with Gasteiger partial charge in [-0.25, -0.2) is 4.39 Å². The van der Waals surface area contributed by atoms with Crippen molar-refractivity contribution in [1.29, 1.82) is 0 Å². The topological polar surface area (TPSA) is 90.2 Å². The molecule has 0 bridgehead atoms. The summed E-state index contributed by atoms with van der Waals surface area (Å²) in [6.45, 7) is 1.54. The Morgan fingerprint density at radius 1 is 0.935 bits per heavy atom. The summed E-state index contributed by atoms with van der Waals surface area (Å²) in [5.74, 6) is -0.263. The van der Waals surface area contributed by atoms with Crippen molar-refractivity contribution in [1.82, 2.24) is 0 Å². The van der Waals surface area contributed by atoms with Crippen LogP contribution < -0.4 is 0 Å². The van der Waals surface area contributed by atoms with Gasteiger partial charge in [0.05, 0.1) is 6.61 Å². The van der Waals surface area contributed by atoms with Crippen LogP contribution in [0.15, 0.2) is 54.6 Å². The normalized spacial score (nSPS) is 26.2. The maximum atomic E-state index is 13.2. The number of aryl methyl sites for hydroxylation is 1. The largest absolute Gasteiger partial charge is 0.394 e. The second-order valence-electron chi connectivity index (χ2n) is 7.89. The van der Waals surface area contributed by atoms with E-state index in [0.29, 0.717) is 12.0 Å². The van der Waals surface area contributed by atoms with E-state index in [-0.39, 0.29) is 5.82 Å². The van der Waals surface area contributed by atoms with Crippen molar-refractivity contribution in [3.8, 4) is 10.4 Å². The smallest absolute Gasteiger partial charge is 0.123 e. The predicted molar refractivity (Wildman–Crippen MR) is 116 cm³/mol. The second kappa shape index (κ2) is 9.16. The van der Waals surface area contributed by atoms with Crippen molar-refractivity contribution >= 4 is 11.3 Å². The van der Waals surface area contributed by atoms with Crippen LogP contribution >= 0.6 is 11.3 Å². The van der Waals surface area contributed by atoms with Gasteiger partial charge in [0.1, 0.15) is 36.3 Å². The number of benzene rings is 2. The standard InChI is InChI=1S/C24H25FO5S/c1-13-2-3-15(24-23(29)22(28)21(27)19(12-26)30-24)10-16(13)11-18-8-9-20(31-18)14-4-6-17(25)7-5-14/h2-10,19,21-24,26-29H,11-12H2,1H3/t19?,21-,22+,23-,24+/m1/s1. The summed E-state index contributed by atoms with van der Waals surface area (Å²) in [4.78, 5) is 2.19. The van der Waals surface area contributed by atoms with Gasteiger partial charge >= 0.3 is 0 Å². The SMILES string of the molecule is Cc1ccc([C@@H]2OC(CO)[C@@H](O)[C@H](O)[C@H]2O)cc1Cc1ccc(-c2ccc(F)cc2)s1. The fourth-order valence-electron chi connectivity index (χ4n) is 3.87. The zero-order chi connectivity index (χ0) is 22.1. The van der Waals surface area contributed by atoms with Crippen molar-refractivity contribution in [2.45, 2.75) is 43.9 Å². The van der Waals surface area contributed by atoms with Gasteiger partial charge in [-0.2, -0.15) is 0 Å². The molecular formula is C24H25FO5S. The lowest BCUT2D eigenvalue weighted by Gasteiger charge is -2.40. The van der Waals surface area contributed by atoms with E-state index in [9.17, 15) is 24.8 Å². The Labute approximate surface area is 184 Å². The minimum Gasteiger partial charge on any atom is -0.394 e. The number of hydrogen-bond acceptors (Lipinski definition) is 6. The van der Waals surface area contributed by atoms with Crippen LogP contribution in [0.25, 0.3) is 10.4 Å². The van der Waals surface area contributed by atoms with Crippen LogP contribution in [-0.4, -0.2) is 51.4 Å². The Morgan fingerprint density at radius 2 is 1.68 bits per heavy atom. The van der Waals surface area contributed by atoms with E-state index < -0.39 is 37.1 Å². The predicted octanol–water partition coefficient (Wildman–Crippen LogP) is 2.97. The molecule has 5 nitrogen and oxygen atoms in total. The molecule has 31 heavy (non-hydrogen) atoms. The summed E-state index contributed by atoms with van der Waals surface area (Å²) in [5, 5.41) is 40.0. The monoisotopic (exact) mass is 444 g/mol. The minimum atomic E-state index is -1.41. The van der Waals surface area contributed by atoms with Crippen LogP contribution in [0.1, 0.15) is 27.7 Å². The molecule has 0 amide bonds. The summed E-state index contributed by atoms with van der Waals surface area (Å²) >= 11 is 1.63. The fraction of sp³-hybridized carbons (Fsp3) is 0.333. The van der Waals surface area contributed by atoms with Crippen molar-refractivity contribution in [2.75, 3.05) is 6.61 Å². The lowest BCUT2D eigenvalue weighted by Crippen LogP contribution is -2.55. The molecule has 7 heteroatoms. The number of aliphatic hydroxyl groups excluding tert-OH is 4. The molecule has 0 radical (unpaired) electrons. The first kappa shape index (κ1) is 22.1. The van der Waals surface area contributed by atoms with E-state index in [1.165, 1.54) is 12.1 Å². The van der Waals surface area contributed by atoms with Gasteiger partial charge < -0.3 is 25.2 Å². The molecule has 0 saturated carbocycles. The van der Waals surface area contributed by atoms with Gasteiger partial charge in [-0.15, -0.1) is 11.3 Å². The molecule has 2 aromatic carbocycles. The highest BCUT2D eigenvalue weighted by molar-refractivity contribution is 7.15. The van der Waals surface area contributed by atoms with E-state index in [1.54, 1.807) is 23.5 Å². The van der Waals surface area contributed by atoms with Crippen LogP contribution in [0, 0.1) is 12.7 Å². The molecule has 1 aliphatic rings. The molecule has 5 atom stereocenters. The molecule has 4 rings (SSSR count). The Balaban J connectivity index is 1.57. The van der Waals surface area contributed by atoms with E-state index in [2.05, 4.69) is 0 Å². The van der Waals surface area contributed by atoms with Crippen LogP contribution in [-0.2, 0) is 11.2 Å². The van der Waals surface area contributed by atoms with Crippen LogP contribution in [0.4, 0.5) is 4.39 Å². The van der Waals surface area contributed by atoms with E-state index in [4.69, 9.17) is 4.74 Å². The molecule has 1 aromatic heterocycles. The highest BCUT2D eigenvalue weighted by atomic mass is 32.1. The third-order valence-electron chi connectivity index (χ3n) is 5.75. The fourth-order valence-corrected chi connectivity index (χ4v) is 4.90. The van der Waals surface area contributed by atoms with Gasteiger partial charge in [0.15, 0.2) is 0 Å². The van der Waals surface area contributed by atoms with Gasteiger partial charge in [0.2, 0.25) is 0 Å². The molecule has 1 unspecified atom stereocenters. The average Bonchev–Trinajstić information content (AvgIpc) is 3.23. The first-order chi connectivity index (χ1) is 14.9. The Hall–Kier alpha value is -2.13. The molecule has 1 saturated heterocycles. The molecule has 4 N–H and O–H groups in total. The average molecular weight is 445 g/mol. The molecule has 0 aliphatic carbocycles. The molecule has 3 aromatic rings. The van der Waals surface area contributed by atoms with E-state index in [0.717, 1.165) is 26.4 Å². The number of ether oxygens (including phenoxy) is 1. The lowest BCUT2D eigenvalue weighted by atomic mass is 9.89. The van der Waals surface area contributed by atoms with E-state index >= 15 is 0 Å². The quantitative estimate of drug-likeness (QED) is 0.486. The lowest BCUT2D eigenvalue weighted by molar-refractivity contribution is -0.231. The molecule has 0 spiro atoms. The van der Waals surface area contributed by atoms with E-state index in [1.807, 2.05) is 37.3 Å². The number of rotatable bonds is 5. The highest BCUT2D eigenvalue weighted by Gasteiger charge is 2.43. The zero-order valence-electron chi connectivity index (χ0n) is 17.0. The molecule has 164 valence electrons. The summed E-state index contributed by atoms with van der Waals surface area (Å²) in [7, 11) is 0. The van der Waals surface area contributed by atoms with Gasteiger partial charge in [0.25, 0.3) is 0 Å². The number of thiophene rings is 1. The summed E-state index contributed by atoms with van der Waals surface area (Å²) in [6.07, 6.45) is -5.21. The molecule has 1 aliphatic heterocycles. The Kier molecular flexibility index (Phi) is 6.52. The van der Waals surface area contributed by atoms with Crippen LogP contribution in [0.5, 0.6) is 0 Å². The molecule has 1 fully saturated rings. The third-order valence-corrected chi connectivity index (χ3v) is 6.88. The Morgan fingerprint density at radius 3 is 2.39 bits per heavy atom. The van der Waals surface area contributed by atoms with Gasteiger partial charge in [0, 0.05) is 16.2 Å². The number of hydrogen-bond donors (Lipinski definition) is 4. The number of halogens is 1. The zero-order valence-corrected chi connectivity index (χ0v) is 17.8. The summed E-state index contributed by atoms with van der Waals surface area (Å²) < 4.78 is 18.9. The first-order valence-electron chi connectivity index (χ1n) is 10.1. The van der Waals surface area contributed by atoms with Gasteiger partial charge in [-0.1, -0.05) is 30.3 Å². The van der Waals surface area contributed by atoms with Crippen molar-refractivity contribution in [3.63, 3.8) is 0 Å². The van der Waals surface area contributed by atoms with Crippen molar-refractivity contribution < 1.29 is 29.6 Å². The molecule has 2 heterocycles. The molecular weight excluding hydrogens is 419 g/mol. The Bertz CT molecular complexity index is 1030. The second-order valence-corrected chi connectivity index (χ2v) is 9.05.